The fraction of sp³-hybridized carbons (Fsp3) is 0.333. The molecule has 0 bridgehead atoms. The molecule has 8 heteroatoms. The lowest BCUT2D eigenvalue weighted by Gasteiger charge is -2.35. The van der Waals surface area contributed by atoms with E-state index < -0.39 is 29.6 Å². The lowest BCUT2D eigenvalue weighted by molar-refractivity contribution is -0.156. The molecule has 2 atom stereocenters. The molecular formula is C33H37N3O5. The van der Waals surface area contributed by atoms with Gasteiger partial charge in [-0.1, -0.05) is 62.4 Å². The van der Waals surface area contributed by atoms with E-state index in [9.17, 15) is 14.4 Å². The Morgan fingerprint density at radius 2 is 1.59 bits per heavy atom. The average molecular weight is 556 g/mol. The number of rotatable bonds is 8. The highest BCUT2D eigenvalue weighted by Gasteiger charge is 2.41. The van der Waals surface area contributed by atoms with Gasteiger partial charge >= 0.3 is 5.97 Å². The molecule has 0 spiro atoms. The van der Waals surface area contributed by atoms with Crippen molar-refractivity contribution in [2.75, 3.05) is 17.3 Å². The highest BCUT2D eigenvalue weighted by Crippen LogP contribution is 2.33. The molecule has 0 aliphatic carbocycles. The van der Waals surface area contributed by atoms with Crippen LogP contribution in [-0.2, 0) is 19.1 Å². The third kappa shape index (κ3) is 7.01. The van der Waals surface area contributed by atoms with Crippen LogP contribution in [0.2, 0.25) is 0 Å². The maximum Gasteiger partial charge on any atom is 0.309 e. The summed E-state index contributed by atoms with van der Waals surface area (Å²) in [7, 11) is 1.57. The number of carbonyl (C=O) groups excluding carboxylic acids is 3. The van der Waals surface area contributed by atoms with Crippen LogP contribution in [0.25, 0.3) is 0 Å². The number of benzodiazepines with no additional fused rings is 1. The third-order valence-electron chi connectivity index (χ3n) is 6.59. The van der Waals surface area contributed by atoms with Crippen molar-refractivity contribution in [2.24, 2.45) is 10.9 Å². The van der Waals surface area contributed by atoms with Gasteiger partial charge in [0.2, 0.25) is 5.91 Å². The van der Waals surface area contributed by atoms with Crippen molar-refractivity contribution in [2.45, 2.75) is 58.7 Å². The van der Waals surface area contributed by atoms with Gasteiger partial charge in [0.25, 0.3) is 5.91 Å². The number of ether oxygens (including phenoxy) is 2. The number of carbonyl (C=O) groups is 3. The summed E-state index contributed by atoms with van der Waals surface area (Å²) in [4.78, 5) is 47.6. The Bertz CT molecular complexity index is 1430. The maximum absolute atomic E-state index is 14.4. The topological polar surface area (TPSA) is 97.3 Å². The van der Waals surface area contributed by atoms with Crippen LogP contribution in [0.1, 0.15) is 52.2 Å². The largest absolute Gasteiger partial charge is 0.497 e. The van der Waals surface area contributed by atoms with Crippen LogP contribution < -0.4 is 15.0 Å². The minimum atomic E-state index is -1.09. The molecule has 1 aliphatic rings. The van der Waals surface area contributed by atoms with Crippen LogP contribution in [0.5, 0.6) is 5.75 Å². The lowest BCUT2D eigenvalue weighted by Crippen LogP contribution is -2.53. The Morgan fingerprint density at radius 3 is 2.20 bits per heavy atom. The van der Waals surface area contributed by atoms with E-state index in [0.29, 0.717) is 28.4 Å². The van der Waals surface area contributed by atoms with E-state index in [1.165, 1.54) is 4.90 Å². The van der Waals surface area contributed by atoms with Crippen molar-refractivity contribution < 1.29 is 23.9 Å². The van der Waals surface area contributed by atoms with Crippen LogP contribution in [-0.4, -0.2) is 48.3 Å². The van der Waals surface area contributed by atoms with E-state index in [1.54, 1.807) is 52.1 Å². The van der Waals surface area contributed by atoms with Gasteiger partial charge in [-0.25, -0.2) is 0 Å². The van der Waals surface area contributed by atoms with Gasteiger partial charge in [-0.15, -0.1) is 0 Å². The van der Waals surface area contributed by atoms with Crippen molar-refractivity contribution in [1.82, 2.24) is 0 Å². The molecule has 0 radical (unpaired) electrons. The molecule has 3 aromatic rings. The number of nitrogens with zero attached hydrogens (tertiary/aromatic N) is 2. The first-order chi connectivity index (χ1) is 19.5. The van der Waals surface area contributed by atoms with Crippen LogP contribution in [0.4, 0.5) is 11.4 Å². The van der Waals surface area contributed by atoms with Crippen LogP contribution >= 0.6 is 0 Å². The third-order valence-corrected chi connectivity index (χ3v) is 6.59. The predicted molar refractivity (Wildman–Crippen MR) is 161 cm³/mol. The molecule has 1 aliphatic heterocycles. The van der Waals surface area contributed by atoms with E-state index in [0.717, 1.165) is 5.56 Å². The second-order valence-corrected chi connectivity index (χ2v) is 11.3. The zero-order valence-electron chi connectivity index (χ0n) is 24.4. The number of esters is 1. The van der Waals surface area contributed by atoms with E-state index in [-0.39, 0.29) is 18.2 Å². The molecular weight excluding hydrogens is 518 g/mol. The van der Waals surface area contributed by atoms with Gasteiger partial charge in [0.1, 0.15) is 23.4 Å². The number of benzene rings is 3. The number of para-hydroxylation sites is 1. The number of amides is 2. The summed E-state index contributed by atoms with van der Waals surface area (Å²) in [5.41, 5.74) is 2.47. The van der Waals surface area contributed by atoms with Crippen LogP contribution in [0.3, 0.4) is 0 Å². The van der Waals surface area contributed by atoms with Gasteiger partial charge in [-0.3, -0.25) is 24.3 Å². The number of methoxy groups -OCH3 is 1. The van der Waals surface area contributed by atoms with Gasteiger partial charge < -0.3 is 14.8 Å². The van der Waals surface area contributed by atoms with E-state index in [1.807, 2.05) is 68.4 Å². The molecule has 1 N–H and O–H groups in total. The summed E-state index contributed by atoms with van der Waals surface area (Å²) in [6.45, 7) is 9.11. The molecule has 0 aromatic heterocycles. The number of hydrogen-bond donors (Lipinski definition) is 1. The average Bonchev–Trinajstić information content (AvgIpc) is 3.04. The molecule has 3 aromatic carbocycles. The van der Waals surface area contributed by atoms with Crippen molar-refractivity contribution >= 4 is 34.9 Å². The van der Waals surface area contributed by atoms with E-state index >= 15 is 0 Å². The first-order valence-electron chi connectivity index (χ1n) is 13.7. The number of aliphatic imine (C=N–C) groups is 1. The van der Waals surface area contributed by atoms with Gasteiger partial charge in [0.05, 0.1) is 24.9 Å². The molecule has 4 rings (SSSR count). The molecule has 1 heterocycles. The molecule has 0 saturated carbocycles. The Kier molecular flexibility index (Phi) is 8.91. The quantitative estimate of drug-likeness (QED) is 0.363. The highest BCUT2D eigenvalue weighted by atomic mass is 16.6. The van der Waals surface area contributed by atoms with Gasteiger partial charge in [-0.2, -0.15) is 0 Å². The number of fused-ring (bicyclic) bond motifs is 1. The van der Waals surface area contributed by atoms with Crippen LogP contribution in [0.15, 0.2) is 83.9 Å². The Balaban J connectivity index is 1.81. The normalized spacial score (nSPS) is 15.9. The highest BCUT2D eigenvalue weighted by molar-refractivity contribution is 6.21. The fourth-order valence-electron chi connectivity index (χ4n) is 4.84. The molecule has 41 heavy (non-hydrogen) atoms. The molecule has 2 unspecified atom stereocenters. The molecule has 0 fully saturated rings. The first kappa shape index (κ1) is 29.5. The smallest absolute Gasteiger partial charge is 0.309 e. The number of hydrogen-bond acceptors (Lipinski definition) is 6. The minimum Gasteiger partial charge on any atom is -0.497 e. The Labute approximate surface area is 241 Å². The summed E-state index contributed by atoms with van der Waals surface area (Å²) in [5.74, 6) is -0.951. The Morgan fingerprint density at radius 1 is 0.951 bits per heavy atom. The molecule has 2 amide bonds. The van der Waals surface area contributed by atoms with Crippen LogP contribution in [0, 0.1) is 5.92 Å². The van der Waals surface area contributed by atoms with Gasteiger partial charge in [0.15, 0.2) is 0 Å². The van der Waals surface area contributed by atoms with Gasteiger partial charge in [-0.05, 0) is 57.0 Å². The van der Waals surface area contributed by atoms with Crippen molar-refractivity contribution in [3.05, 3.63) is 90.0 Å². The molecule has 0 saturated heterocycles. The summed E-state index contributed by atoms with van der Waals surface area (Å²) in [6, 6.07) is 21.9. The predicted octanol–water partition coefficient (Wildman–Crippen LogP) is 5.64. The van der Waals surface area contributed by atoms with Crippen molar-refractivity contribution in [3.8, 4) is 5.75 Å². The maximum atomic E-state index is 14.4. The zero-order chi connectivity index (χ0) is 29.7. The monoisotopic (exact) mass is 555 g/mol. The fourth-order valence-corrected chi connectivity index (χ4v) is 4.84. The van der Waals surface area contributed by atoms with E-state index in [4.69, 9.17) is 14.5 Å². The second kappa shape index (κ2) is 12.4. The van der Waals surface area contributed by atoms with Crippen molar-refractivity contribution in [3.63, 3.8) is 0 Å². The SMILES string of the molecule is COc1ccc(NC(=O)C(C(C)C)N2C(=O)C(CC(=O)OC(C)(C)C)N=C(c3ccccc3)c3ccccc32)cc1. The number of anilines is 2. The first-order valence-corrected chi connectivity index (χ1v) is 13.7. The lowest BCUT2D eigenvalue weighted by atomic mass is 9.96. The summed E-state index contributed by atoms with van der Waals surface area (Å²) < 4.78 is 10.8. The van der Waals surface area contributed by atoms with E-state index in [2.05, 4.69) is 5.32 Å². The summed E-state index contributed by atoms with van der Waals surface area (Å²) in [5, 5.41) is 2.96. The molecule has 8 nitrogen and oxygen atoms in total. The van der Waals surface area contributed by atoms with Gasteiger partial charge in [0, 0.05) is 16.8 Å². The number of nitrogens with one attached hydrogen (secondary N) is 1. The second-order valence-electron chi connectivity index (χ2n) is 11.3. The standard InChI is InChI=1S/C33H37N3O5/c1-21(2)30(31(38)34-23-16-18-24(40-6)19-17-23)36-27-15-11-10-14-25(27)29(22-12-8-7-9-13-22)35-26(32(36)39)20-28(37)41-33(3,4)5/h7-19,21,26,30H,20H2,1-6H3,(H,34,38). The summed E-state index contributed by atoms with van der Waals surface area (Å²) >= 11 is 0. The Hall–Kier alpha value is -4.46. The summed E-state index contributed by atoms with van der Waals surface area (Å²) in [6.07, 6.45) is -0.262. The zero-order valence-corrected chi connectivity index (χ0v) is 24.4. The minimum absolute atomic E-state index is 0.262. The molecule has 214 valence electrons. The van der Waals surface area contributed by atoms with Crippen molar-refractivity contribution in [1.29, 1.82) is 0 Å².